The van der Waals surface area contributed by atoms with Gasteiger partial charge < -0.3 is 9.80 Å². The molecule has 0 atom stereocenters. The van der Waals surface area contributed by atoms with Gasteiger partial charge in [-0.05, 0) is 25.7 Å². The predicted octanol–water partition coefficient (Wildman–Crippen LogP) is 2.70. The quantitative estimate of drug-likeness (QED) is 0.564. The zero-order valence-corrected chi connectivity index (χ0v) is 17.5. The van der Waals surface area contributed by atoms with Crippen molar-refractivity contribution >= 4 is 23.6 Å². The third kappa shape index (κ3) is 3.50. The molecule has 2 saturated heterocycles. The minimum absolute atomic E-state index is 0.0943. The Hall–Kier alpha value is -2.70. The number of ketones is 1. The Bertz CT molecular complexity index is 839. The van der Waals surface area contributed by atoms with Crippen LogP contribution in [0.25, 0.3) is 0 Å². The summed E-state index contributed by atoms with van der Waals surface area (Å²) in [5.74, 6) is -0.419. The lowest BCUT2D eigenvalue weighted by Crippen LogP contribution is -2.50. The molecule has 1 aromatic carbocycles. The number of carbonyl (C=O) groups excluding carboxylic acids is 4. The summed E-state index contributed by atoms with van der Waals surface area (Å²) in [6.07, 6.45) is 5.47. The number of Topliss-reactive ketones (excluding diaryl/α,β-unsaturated/α-hetero) is 1. The minimum atomic E-state index is -0.759. The summed E-state index contributed by atoms with van der Waals surface area (Å²) < 4.78 is 0. The number of hydrogen-bond donors (Lipinski definition) is 0. The molecular weight excluding hydrogens is 382 g/mol. The van der Waals surface area contributed by atoms with Crippen molar-refractivity contribution in [2.75, 3.05) is 26.7 Å². The highest BCUT2D eigenvalue weighted by atomic mass is 16.2. The smallest absolute Gasteiger partial charge is 0.327 e. The molecule has 0 unspecified atom stereocenters. The third-order valence-corrected chi connectivity index (χ3v) is 7.05. The highest BCUT2D eigenvalue weighted by molar-refractivity contribution is 6.09. The maximum atomic E-state index is 13.1. The van der Waals surface area contributed by atoms with Crippen LogP contribution in [0.5, 0.6) is 0 Å². The van der Waals surface area contributed by atoms with Crippen LogP contribution in [0, 0.1) is 5.92 Å². The lowest BCUT2D eigenvalue weighted by Gasteiger charge is -2.36. The number of nitrogens with zero attached hydrogens (tertiary/aromatic N) is 3. The first-order valence-corrected chi connectivity index (χ1v) is 10.9. The molecule has 4 amide bonds. The monoisotopic (exact) mass is 411 g/mol. The fraction of sp³-hybridized carbons (Fsp3) is 0.565. The molecule has 1 spiro atoms. The lowest BCUT2D eigenvalue weighted by molar-refractivity contribution is -0.141. The van der Waals surface area contributed by atoms with Gasteiger partial charge in [0.1, 0.15) is 12.1 Å². The number of amides is 4. The van der Waals surface area contributed by atoms with Crippen LogP contribution in [0.1, 0.15) is 55.3 Å². The molecule has 7 heteroatoms. The van der Waals surface area contributed by atoms with Gasteiger partial charge in [0.25, 0.3) is 5.91 Å². The summed E-state index contributed by atoms with van der Waals surface area (Å²) in [6, 6.07) is 8.86. The standard InChI is InChI=1S/C23H29N3O4/c1-24-22(30)26(21(29)23(24)12-6-3-7-13-23)16-19(27)25-14-10-18(11-15-25)20(28)17-8-4-2-5-9-17/h2,4-5,8-9,18H,3,6-7,10-16H2,1H3. The van der Waals surface area contributed by atoms with Crippen LogP contribution in [0.15, 0.2) is 30.3 Å². The molecule has 3 aliphatic rings. The SMILES string of the molecule is CN1C(=O)N(CC(=O)N2CCC(C(=O)c3ccccc3)CC2)C(=O)C12CCCCC2. The number of urea groups is 1. The Kier molecular flexibility index (Phi) is 5.62. The molecule has 2 heterocycles. The van der Waals surface area contributed by atoms with Gasteiger partial charge in [0.05, 0.1) is 0 Å². The third-order valence-electron chi connectivity index (χ3n) is 7.05. The van der Waals surface area contributed by atoms with Gasteiger partial charge in [-0.15, -0.1) is 0 Å². The van der Waals surface area contributed by atoms with E-state index in [1.54, 1.807) is 16.8 Å². The Morgan fingerprint density at radius 1 is 1.00 bits per heavy atom. The van der Waals surface area contributed by atoms with E-state index in [4.69, 9.17) is 0 Å². The second-order valence-electron chi connectivity index (χ2n) is 8.71. The second-order valence-corrected chi connectivity index (χ2v) is 8.71. The predicted molar refractivity (Wildman–Crippen MR) is 111 cm³/mol. The summed E-state index contributed by atoms with van der Waals surface area (Å²) >= 11 is 0. The van der Waals surface area contributed by atoms with Crippen molar-refractivity contribution in [2.24, 2.45) is 5.92 Å². The van der Waals surface area contributed by atoms with Gasteiger partial charge in [-0.3, -0.25) is 19.3 Å². The first kappa shape index (κ1) is 20.6. The van der Waals surface area contributed by atoms with Gasteiger partial charge in [0, 0.05) is 31.6 Å². The Morgan fingerprint density at radius 2 is 1.63 bits per heavy atom. The van der Waals surface area contributed by atoms with Crippen LogP contribution in [0.3, 0.4) is 0 Å². The summed E-state index contributed by atoms with van der Waals surface area (Å²) in [4.78, 5) is 55.6. The van der Waals surface area contributed by atoms with Crippen LogP contribution >= 0.6 is 0 Å². The van der Waals surface area contributed by atoms with E-state index in [1.807, 2.05) is 30.3 Å². The molecule has 0 aromatic heterocycles. The summed E-state index contributed by atoms with van der Waals surface area (Å²) in [6.45, 7) is 0.736. The number of piperidine rings is 1. The molecule has 4 rings (SSSR count). The van der Waals surface area contributed by atoms with Crippen molar-refractivity contribution in [3.05, 3.63) is 35.9 Å². The largest absolute Gasteiger partial charge is 0.341 e. The average molecular weight is 412 g/mol. The van der Waals surface area contributed by atoms with E-state index in [9.17, 15) is 19.2 Å². The molecular formula is C23H29N3O4. The maximum Gasteiger partial charge on any atom is 0.327 e. The molecule has 160 valence electrons. The van der Waals surface area contributed by atoms with Crippen molar-refractivity contribution in [3.8, 4) is 0 Å². The van der Waals surface area contributed by atoms with E-state index in [-0.39, 0.29) is 36.1 Å². The van der Waals surface area contributed by atoms with E-state index < -0.39 is 5.54 Å². The first-order chi connectivity index (χ1) is 14.4. The minimum Gasteiger partial charge on any atom is -0.341 e. The summed E-state index contributed by atoms with van der Waals surface area (Å²) in [5.41, 5.74) is -0.0543. The Balaban J connectivity index is 1.35. The number of carbonyl (C=O) groups is 4. The van der Waals surface area contributed by atoms with E-state index in [0.717, 1.165) is 24.2 Å². The van der Waals surface area contributed by atoms with Crippen molar-refractivity contribution in [1.29, 1.82) is 0 Å². The molecule has 0 radical (unpaired) electrons. The van der Waals surface area contributed by atoms with Crippen LogP contribution in [0.2, 0.25) is 0 Å². The highest BCUT2D eigenvalue weighted by Crippen LogP contribution is 2.39. The Labute approximate surface area is 177 Å². The zero-order chi connectivity index (χ0) is 21.3. The van der Waals surface area contributed by atoms with Crippen molar-refractivity contribution < 1.29 is 19.2 Å². The first-order valence-electron chi connectivity index (χ1n) is 10.9. The van der Waals surface area contributed by atoms with Crippen LogP contribution in [0.4, 0.5) is 4.79 Å². The second kappa shape index (κ2) is 8.20. The normalized spacial score (nSPS) is 22.1. The molecule has 0 bridgehead atoms. The average Bonchev–Trinajstić information content (AvgIpc) is 2.96. The number of imide groups is 1. The summed E-state index contributed by atoms with van der Waals surface area (Å²) in [7, 11) is 1.68. The van der Waals surface area contributed by atoms with Gasteiger partial charge in [0.2, 0.25) is 5.91 Å². The highest BCUT2D eigenvalue weighted by Gasteiger charge is 2.56. The lowest BCUT2D eigenvalue weighted by atomic mass is 9.81. The van der Waals surface area contributed by atoms with E-state index >= 15 is 0 Å². The van der Waals surface area contributed by atoms with Crippen molar-refractivity contribution in [3.63, 3.8) is 0 Å². The molecule has 0 N–H and O–H groups in total. The van der Waals surface area contributed by atoms with Crippen LogP contribution in [-0.4, -0.2) is 70.5 Å². The molecule has 1 aliphatic carbocycles. The van der Waals surface area contributed by atoms with Gasteiger partial charge in [-0.25, -0.2) is 4.79 Å². The fourth-order valence-electron chi connectivity index (χ4n) is 5.14. The molecule has 7 nitrogen and oxygen atoms in total. The molecule has 1 saturated carbocycles. The number of likely N-dealkylation sites (N-methyl/N-ethyl adjacent to an activating group) is 1. The molecule has 30 heavy (non-hydrogen) atoms. The Morgan fingerprint density at radius 3 is 2.27 bits per heavy atom. The number of likely N-dealkylation sites (tertiary alicyclic amines) is 1. The van der Waals surface area contributed by atoms with Gasteiger partial charge in [-0.2, -0.15) is 0 Å². The van der Waals surface area contributed by atoms with Gasteiger partial charge in [-0.1, -0.05) is 49.6 Å². The van der Waals surface area contributed by atoms with Gasteiger partial charge in [0.15, 0.2) is 5.78 Å². The summed E-state index contributed by atoms with van der Waals surface area (Å²) in [5, 5.41) is 0. The maximum absolute atomic E-state index is 13.1. The van der Waals surface area contributed by atoms with Gasteiger partial charge >= 0.3 is 6.03 Å². The van der Waals surface area contributed by atoms with E-state index in [2.05, 4.69) is 0 Å². The number of benzene rings is 1. The molecule has 1 aromatic rings. The molecule has 2 aliphatic heterocycles. The van der Waals surface area contributed by atoms with Crippen molar-refractivity contribution in [1.82, 2.24) is 14.7 Å². The number of rotatable bonds is 4. The zero-order valence-electron chi connectivity index (χ0n) is 17.5. The molecule has 3 fully saturated rings. The van der Waals surface area contributed by atoms with Crippen LogP contribution < -0.4 is 0 Å². The fourth-order valence-corrected chi connectivity index (χ4v) is 5.14. The van der Waals surface area contributed by atoms with E-state index in [0.29, 0.717) is 44.3 Å². The number of hydrogen-bond acceptors (Lipinski definition) is 4. The van der Waals surface area contributed by atoms with Crippen molar-refractivity contribution in [2.45, 2.75) is 50.5 Å². The van der Waals surface area contributed by atoms with Crippen LogP contribution in [-0.2, 0) is 9.59 Å². The topological polar surface area (TPSA) is 78.0 Å². The van der Waals surface area contributed by atoms with E-state index in [1.165, 1.54) is 0 Å².